The number of para-hydroxylation sites is 1. The molecule has 0 atom stereocenters. The fraction of sp³-hybridized carbons (Fsp3) is 0. The second-order valence-electron chi connectivity index (χ2n) is 4.50. The van der Waals surface area contributed by atoms with Gasteiger partial charge in [-0.2, -0.15) is 5.26 Å². The number of hydrogen-bond donors (Lipinski definition) is 1. The quantitative estimate of drug-likeness (QED) is 0.590. The molecule has 3 aromatic rings. The lowest BCUT2D eigenvalue weighted by Gasteiger charge is -2.01. The molecule has 0 bridgehead atoms. The van der Waals surface area contributed by atoms with Crippen molar-refractivity contribution in [2.75, 3.05) is 0 Å². The van der Waals surface area contributed by atoms with Crippen LogP contribution in [0.3, 0.4) is 0 Å². The van der Waals surface area contributed by atoms with Gasteiger partial charge in [-0.3, -0.25) is 4.57 Å². The molecule has 0 aliphatic heterocycles. The number of carboxylic acid groups (broad SMARTS) is 1. The van der Waals surface area contributed by atoms with Crippen molar-refractivity contribution in [2.24, 2.45) is 0 Å². The third-order valence-electron chi connectivity index (χ3n) is 3.16. The Kier molecular flexibility index (Phi) is 3.38. The maximum absolute atomic E-state index is 11.0. The van der Waals surface area contributed by atoms with Gasteiger partial charge in [0.1, 0.15) is 11.6 Å². The van der Waals surface area contributed by atoms with Crippen LogP contribution in [0.25, 0.3) is 22.9 Å². The first-order valence-electron chi connectivity index (χ1n) is 6.43. The molecule has 0 aliphatic carbocycles. The van der Waals surface area contributed by atoms with E-state index in [0.717, 1.165) is 10.9 Å². The Labute approximate surface area is 125 Å². The Hall–Kier alpha value is -3.46. The van der Waals surface area contributed by atoms with Gasteiger partial charge in [0, 0.05) is 29.5 Å². The first kappa shape index (κ1) is 13.5. The maximum Gasteiger partial charge on any atom is 0.346 e. The highest BCUT2D eigenvalue weighted by Crippen LogP contribution is 2.25. The number of nitrogens with zero attached hydrogens (tertiary/aromatic N) is 4. The molecule has 0 unspecified atom stereocenters. The van der Waals surface area contributed by atoms with E-state index in [-0.39, 0.29) is 5.57 Å². The van der Waals surface area contributed by atoms with Crippen LogP contribution in [-0.2, 0) is 4.79 Å². The van der Waals surface area contributed by atoms with E-state index in [4.69, 9.17) is 10.4 Å². The first-order valence-corrected chi connectivity index (χ1v) is 6.43. The van der Waals surface area contributed by atoms with Crippen molar-refractivity contribution in [1.29, 1.82) is 5.26 Å². The van der Waals surface area contributed by atoms with Crippen molar-refractivity contribution in [3.8, 4) is 12.0 Å². The molecule has 0 spiro atoms. The average molecular weight is 290 g/mol. The van der Waals surface area contributed by atoms with Crippen LogP contribution in [0.1, 0.15) is 5.56 Å². The summed E-state index contributed by atoms with van der Waals surface area (Å²) in [6, 6.07) is 10.9. The lowest BCUT2D eigenvalue weighted by molar-refractivity contribution is -0.132. The lowest BCUT2D eigenvalue weighted by Crippen LogP contribution is -1.98. The number of fused-ring (bicyclic) bond motifs is 1. The van der Waals surface area contributed by atoms with E-state index in [1.807, 2.05) is 24.3 Å². The summed E-state index contributed by atoms with van der Waals surface area (Å²) in [6.45, 7) is 0. The normalized spacial score (nSPS) is 11.3. The number of carbonyl (C=O) groups is 1. The van der Waals surface area contributed by atoms with E-state index in [9.17, 15) is 4.79 Å². The molecule has 2 heterocycles. The molecule has 3 rings (SSSR count). The van der Waals surface area contributed by atoms with Crippen LogP contribution in [0.2, 0.25) is 0 Å². The summed E-state index contributed by atoms with van der Waals surface area (Å²) >= 11 is 0. The molecule has 6 heteroatoms. The SMILES string of the molecule is N#C/C(=C\c1cn(-c2ncccn2)c2ccccc12)C(=O)O. The van der Waals surface area contributed by atoms with Gasteiger partial charge in [0.05, 0.1) is 5.52 Å². The predicted octanol–water partition coefficient (Wildman–Crippen LogP) is 2.41. The molecule has 0 aliphatic rings. The van der Waals surface area contributed by atoms with E-state index in [1.54, 1.807) is 35.3 Å². The topological polar surface area (TPSA) is 91.8 Å². The Balaban J connectivity index is 2.26. The molecule has 0 saturated carbocycles. The third-order valence-corrected chi connectivity index (χ3v) is 3.16. The van der Waals surface area contributed by atoms with Gasteiger partial charge in [-0.25, -0.2) is 14.8 Å². The minimum absolute atomic E-state index is 0.322. The molecular weight excluding hydrogens is 280 g/mol. The zero-order valence-corrected chi connectivity index (χ0v) is 11.3. The lowest BCUT2D eigenvalue weighted by atomic mass is 10.1. The van der Waals surface area contributed by atoms with Gasteiger partial charge < -0.3 is 5.11 Å². The van der Waals surface area contributed by atoms with Crippen molar-refractivity contribution in [2.45, 2.75) is 0 Å². The van der Waals surface area contributed by atoms with Crippen molar-refractivity contribution < 1.29 is 9.90 Å². The fourth-order valence-corrected chi connectivity index (χ4v) is 2.20. The highest BCUT2D eigenvalue weighted by atomic mass is 16.4. The van der Waals surface area contributed by atoms with Crippen molar-refractivity contribution in [3.63, 3.8) is 0 Å². The van der Waals surface area contributed by atoms with Crippen molar-refractivity contribution >= 4 is 22.9 Å². The highest BCUT2D eigenvalue weighted by Gasteiger charge is 2.12. The Morgan fingerprint density at radius 2 is 1.95 bits per heavy atom. The summed E-state index contributed by atoms with van der Waals surface area (Å²) in [5.74, 6) is -0.775. The Morgan fingerprint density at radius 3 is 2.64 bits per heavy atom. The molecule has 0 radical (unpaired) electrons. The number of rotatable bonds is 3. The summed E-state index contributed by atoms with van der Waals surface area (Å²) in [4.78, 5) is 19.4. The standard InChI is InChI=1S/C16H10N4O2/c17-9-11(15(21)22)8-12-10-20(16-18-6-3-7-19-16)14-5-2-1-4-13(12)14/h1-8,10H,(H,21,22)/b11-8+. The van der Waals surface area contributed by atoms with Crippen molar-refractivity contribution in [3.05, 3.63) is 60.1 Å². The molecule has 1 aromatic carbocycles. The summed E-state index contributed by atoms with van der Waals surface area (Å²) in [6.07, 6.45) is 6.33. The second-order valence-corrected chi connectivity index (χ2v) is 4.50. The Bertz CT molecular complexity index is 920. The third kappa shape index (κ3) is 2.31. The summed E-state index contributed by atoms with van der Waals surface area (Å²) in [5.41, 5.74) is 1.14. The largest absolute Gasteiger partial charge is 0.477 e. The maximum atomic E-state index is 11.0. The van der Waals surface area contributed by atoms with Gasteiger partial charge in [0.25, 0.3) is 0 Å². The van der Waals surface area contributed by atoms with E-state index >= 15 is 0 Å². The van der Waals surface area contributed by atoms with E-state index < -0.39 is 5.97 Å². The monoisotopic (exact) mass is 290 g/mol. The van der Waals surface area contributed by atoms with Gasteiger partial charge in [-0.15, -0.1) is 0 Å². The smallest absolute Gasteiger partial charge is 0.346 e. The fourth-order valence-electron chi connectivity index (χ4n) is 2.20. The van der Waals surface area contributed by atoms with Crippen LogP contribution in [0, 0.1) is 11.3 Å². The number of carboxylic acids is 1. The minimum atomic E-state index is -1.25. The average Bonchev–Trinajstić information content (AvgIpc) is 2.92. The van der Waals surface area contributed by atoms with Crippen molar-refractivity contribution in [1.82, 2.24) is 14.5 Å². The molecule has 0 fully saturated rings. The van der Waals surface area contributed by atoms with Crippen LogP contribution in [-0.4, -0.2) is 25.6 Å². The van der Waals surface area contributed by atoms with Gasteiger partial charge in [-0.1, -0.05) is 18.2 Å². The summed E-state index contributed by atoms with van der Waals surface area (Å²) in [5, 5.41) is 18.8. The molecule has 6 nitrogen and oxygen atoms in total. The van der Waals surface area contributed by atoms with E-state index in [0.29, 0.717) is 11.5 Å². The predicted molar refractivity (Wildman–Crippen MR) is 80.1 cm³/mol. The summed E-state index contributed by atoms with van der Waals surface area (Å²) in [7, 11) is 0. The second kappa shape index (κ2) is 5.50. The molecule has 1 N–H and O–H groups in total. The summed E-state index contributed by atoms with van der Waals surface area (Å²) < 4.78 is 1.76. The number of benzene rings is 1. The van der Waals surface area contributed by atoms with Crippen LogP contribution >= 0.6 is 0 Å². The minimum Gasteiger partial charge on any atom is -0.477 e. The van der Waals surface area contributed by atoms with E-state index in [2.05, 4.69) is 9.97 Å². The van der Waals surface area contributed by atoms with Gasteiger partial charge >= 0.3 is 5.97 Å². The van der Waals surface area contributed by atoms with Gasteiger partial charge in [0.2, 0.25) is 5.95 Å². The number of aromatic nitrogens is 3. The van der Waals surface area contributed by atoms with Crippen LogP contribution in [0.15, 0.2) is 54.5 Å². The molecule has 2 aromatic heterocycles. The van der Waals surface area contributed by atoms with E-state index in [1.165, 1.54) is 6.08 Å². The number of aliphatic carboxylic acids is 1. The molecular formula is C16H10N4O2. The molecule has 0 amide bonds. The number of hydrogen-bond acceptors (Lipinski definition) is 4. The zero-order chi connectivity index (χ0) is 15.5. The highest BCUT2D eigenvalue weighted by molar-refractivity contribution is 6.00. The molecule has 0 saturated heterocycles. The zero-order valence-electron chi connectivity index (χ0n) is 11.3. The van der Waals surface area contributed by atoms with Crippen LogP contribution in [0.4, 0.5) is 0 Å². The first-order chi connectivity index (χ1) is 10.7. The van der Waals surface area contributed by atoms with Crippen LogP contribution in [0.5, 0.6) is 0 Å². The molecule has 106 valence electrons. The van der Waals surface area contributed by atoms with Gasteiger partial charge in [0.15, 0.2) is 0 Å². The molecule has 22 heavy (non-hydrogen) atoms. The number of nitriles is 1. The Morgan fingerprint density at radius 1 is 1.23 bits per heavy atom. The van der Waals surface area contributed by atoms with Crippen LogP contribution < -0.4 is 0 Å². The van der Waals surface area contributed by atoms with Gasteiger partial charge in [-0.05, 0) is 18.2 Å².